The fraction of sp³-hybridized carbons (Fsp3) is 0.471. The fourth-order valence-electron chi connectivity index (χ4n) is 2.11. The number of ether oxygens (including phenoxy) is 4. The molecule has 0 aliphatic carbocycles. The number of hydrogen-bond donors (Lipinski definition) is 2. The van der Waals surface area contributed by atoms with Crippen molar-refractivity contribution in [2.45, 2.75) is 25.9 Å². The summed E-state index contributed by atoms with van der Waals surface area (Å²) in [5.41, 5.74) is 0.777. The molecule has 0 aliphatic rings. The van der Waals surface area contributed by atoms with Crippen LogP contribution in [0.5, 0.6) is 17.2 Å². The van der Waals surface area contributed by atoms with Crippen LogP contribution in [0.3, 0.4) is 0 Å². The van der Waals surface area contributed by atoms with Gasteiger partial charge in [-0.25, -0.2) is 4.79 Å². The summed E-state index contributed by atoms with van der Waals surface area (Å²) in [6, 6.07) is 2.79. The van der Waals surface area contributed by atoms with Crippen molar-refractivity contribution in [3.63, 3.8) is 0 Å². The summed E-state index contributed by atoms with van der Waals surface area (Å²) in [5.74, 6) is 0.145. The maximum Gasteiger partial charge on any atom is 0.321 e. The summed E-state index contributed by atoms with van der Waals surface area (Å²) in [6.07, 6.45) is -0.699. The lowest BCUT2D eigenvalue weighted by Crippen LogP contribution is -2.43. The minimum atomic E-state index is -1.08. The number of carbonyl (C=O) groups is 3. The average molecular weight is 368 g/mol. The van der Waals surface area contributed by atoms with Crippen LogP contribution >= 0.6 is 0 Å². The van der Waals surface area contributed by atoms with Gasteiger partial charge in [0.05, 0.1) is 21.3 Å². The van der Waals surface area contributed by atoms with Gasteiger partial charge in [0.1, 0.15) is 0 Å². The van der Waals surface area contributed by atoms with E-state index in [0.29, 0.717) is 23.7 Å². The van der Waals surface area contributed by atoms with Crippen molar-refractivity contribution in [1.29, 1.82) is 0 Å². The molecule has 0 spiro atoms. The van der Waals surface area contributed by atoms with Crippen molar-refractivity contribution in [3.05, 3.63) is 17.7 Å². The molecule has 2 N–H and O–H groups in total. The number of imide groups is 1. The van der Waals surface area contributed by atoms with E-state index in [1.54, 1.807) is 12.1 Å². The minimum Gasteiger partial charge on any atom is -0.493 e. The summed E-state index contributed by atoms with van der Waals surface area (Å²) in [7, 11) is 5.88. The minimum absolute atomic E-state index is 0.0379. The number of carbonyl (C=O) groups excluding carboxylic acids is 3. The lowest BCUT2D eigenvalue weighted by Gasteiger charge is -2.15. The third-order valence-electron chi connectivity index (χ3n) is 3.48. The number of rotatable bonds is 8. The summed E-state index contributed by atoms with van der Waals surface area (Å²) in [6.45, 7) is 1.38. The Kier molecular flexibility index (Phi) is 8.20. The van der Waals surface area contributed by atoms with Gasteiger partial charge in [0.15, 0.2) is 17.6 Å². The van der Waals surface area contributed by atoms with Gasteiger partial charge in [-0.15, -0.1) is 0 Å². The predicted molar refractivity (Wildman–Crippen MR) is 92.6 cm³/mol. The van der Waals surface area contributed by atoms with Gasteiger partial charge in [0.2, 0.25) is 5.75 Å². The Hall–Kier alpha value is -2.97. The van der Waals surface area contributed by atoms with Gasteiger partial charge >= 0.3 is 12.0 Å². The highest BCUT2D eigenvalue weighted by molar-refractivity contribution is 5.96. The summed E-state index contributed by atoms with van der Waals surface area (Å²) in [5, 5.41) is 4.27. The molecular formula is C17H24N2O7. The van der Waals surface area contributed by atoms with Crippen molar-refractivity contribution in [3.8, 4) is 17.2 Å². The zero-order valence-electron chi connectivity index (χ0n) is 15.5. The maximum atomic E-state index is 11.9. The number of methoxy groups -OCH3 is 3. The number of urea groups is 1. The first-order valence-corrected chi connectivity index (χ1v) is 7.87. The van der Waals surface area contributed by atoms with Gasteiger partial charge in [0.25, 0.3) is 5.91 Å². The van der Waals surface area contributed by atoms with E-state index in [0.717, 1.165) is 5.56 Å². The highest BCUT2D eigenvalue weighted by atomic mass is 16.5. The van der Waals surface area contributed by atoms with E-state index in [-0.39, 0.29) is 6.42 Å². The summed E-state index contributed by atoms with van der Waals surface area (Å²) in [4.78, 5) is 34.7. The van der Waals surface area contributed by atoms with E-state index < -0.39 is 24.0 Å². The molecule has 0 aromatic heterocycles. The summed E-state index contributed by atoms with van der Waals surface area (Å²) < 4.78 is 20.8. The van der Waals surface area contributed by atoms with Gasteiger partial charge in [-0.3, -0.25) is 14.9 Å². The maximum absolute atomic E-state index is 11.9. The molecule has 9 heteroatoms. The molecule has 3 amide bonds. The number of amides is 3. The van der Waals surface area contributed by atoms with Gasteiger partial charge in [-0.1, -0.05) is 0 Å². The normalized spacial score (nSPS) is 11.1. The van der Waals surface area contributed by atoms with E-state index in [9.17, 15) is 14.4 Å². The molecule has 1 unspecified atom stereocenters. The standard InChI is InChI=1S/C17H24N2O7/c1-10(16(21)19-17(22)18-2)26-14(20)7-6-11-8-12(23-3)15(25-5)13(9-11)24-4/h8-10H,6-7H2,1-5H3,(H2,18,19,21,22). The molecule has 0 saturated carbocycles. The van der Waals surface area contributed by atoms with Gasteiger partial charge in [-0.2, -0.15) is 0 Å². The Morgan fingerprint density at radius 3 is 2.08 bits per heavy atom. The van der Waals surface area contributed by atoms with Crippen molar-refractivity contribution in [2.75, 3.05) is 28.4 Å². The molecule has 1 aromatic carbocycles. The second-order valence-corrected chi connectivity index (χ2v) is 5.23. The number of benzene rings is 1. The third-order valence-corrected chi connectivity index (χ3v) is 3.48. The first-order valence-electron chi connectivity index (χ1n) is 7.87. The number of hydrogen-bond acceptors (Lipinski definition) is 7. The van der Waals surface area contributed by atoms with Crippen LogP contribution in [-0.4, -0.2) is 52.4 Å². The Morgan fingerprint density at radius 1 is 1.04 bits per heavy atom. The van der Waals surface area contributed by atoms with Crippen molar-refractivity contribution < 1.29 is 33.3 Å². The second kappa shape index (κ2) is 10.1. The molecule has 0 heterocycles. The monoisotopic (exact) mass is 368 g/mol. The van der Waals surface area contributed by atoms with Crippen LogP contribution < -0.4 is 24.8 Å². The quantitative estimate of drug-likeness (QED) is 0.659. The Bertz CT molecular complexity index is 636. The molecule has 144 valence electrons. The molecule has 26 heavy (non-hydrogen) atoms. The SMILES string of the molecule is CNC(=O)NC(=O)C(C)OC(=O)CCc1cc(OC)c(OC)c(OC)c1. The zero-order valence-corrected chi connectivity index (χ0v) is 15.5. The molecule has 0 aliphatic heterocycles. The van der Waals surface area contributed by atoms with Crippen molar-refractivity contribution in [1.82, 2.24) is 10.6 Å². The average Bonchev–Trinajstić information content (AvgIpc) is 2.64. The van der Waals surface area contributed by atoms with Crippen molar-refractivity contribution in [2.24, 2.45) is 0 Å². The molecule has 0 saturated heterocycles. The van der Waals surface area contributed by atoms with Crippen LogP contribution in [-0.2, 0) is 20.7 Å². The molecule has 0 bridgehead atoms. The molecule has 9 nitrogen and oxygen atoms in total. The predicted octanol–water partition coefficient (Wildman–Crippen LogP) is 1.03. The lowest BCUT2D eigenvalue weighted by atomic mass is 10.1. The van der Waals surface area contributed by atoms with Crippen LogP contribution in [0.2, 0.25) is 0 Å². The largest absolute Gasteiger partial charge is 0.493 e. The Balaban J connectivity index is 2.67. The van der Waals surface area contributed by atoms with Crippen LogP contribution in [0, 0.1) is 0 Å². The molecule has 1 atom stereocenters. The zero-order chi connectivity index (χ0) is 19.7. The van der Waals surface area contributed by atoms with E-state index in [4.69, 9.17) is 18.9 Å². The van der Waals surface area contributed by atoms with Crippen LogP contribution in [0.1, 0.15) is 18.9 Å². The van der Waals surface area contributed by atoms with Gasteiger partial charge in [-0.05, 0) is 31.0 Å². The first kappa shape index (κ1) is 21.1. The molecule has 0 radical (unpaired) electrons. The lowest BCUT2D eigenvalue weighted by molar-refractivity contribution is -0.154. The highest BCUT2D eigenvalue weighted by Crippen LogP contribution is 2.38. The fourth-order valence-corrected chi connectivity index (χ4v) is 2.11. The Morgan fingerprint density at radius 2 is 1.62 bits per heavy atom. The topological polar surface area (TPSA) is 112 Å². The van der Waals surface area contributed by atoms with E-state index in [1.165, 1.54) is 35.3 Å². The first-order chi connectivity index (χ1) is 12.4. The van der Waals surface area contributed by atoms with Gasteiger partial charge in [0, 0.05) is 13.5 Å². The van der Waals surface area contributed by atoms with Crippen LogP contribution in [0.4, 0.5) is 4.79 Å². The number of aryl methyl sites for hydroxylation is 1. The molecular weight excluding hydrogens is 344 g/mol. The highest BCUT2D eigenvalue weighted by Gasteiger charge is 2.20. The number of nitrogens with one attached hydrogen (secondary N) is 2. The molecule has 1 rings (SSSR count). The van der Waals surface area contributed by atoms with Gasteiger partial charge < -0.3 is 24.3 Å². The van der Waals surface area contributed by atoms with Crippen LogP contribution in [0.15, 0.2) is 12.1 Å². The molecule has 1 aromatic rings. The second-order valence-electron chi connectivity index (χ2n) is 5.23. The third kappa shape index (κ3) is 5.83. The van der Waals surface area contributed by atoms with E-state index in [1.807, 2.05) is 5.32 Å². The Labute approximate surface area is 151 Å². The molecule has 0 fully saturated rings. The number of esters is 1. The summed E-state index contributed by atoms with van der Waals surface area (Å²) >= 11 is 0. The van der Waals surface area contributed by atoms with Crippen LogP contribution in [0.25, 0.3) is 0 Å². The smallest absolute Gasteiger partial charge is 0.321 e. The van der Waals surface area contributed by atoms with E-state index >= 15 is 0 Å². The van der Waals surface area contributed by atoms with E-state index in [2.05, 4.69) is 5.32 Å². The van der Waals surface area contributed by atoms with Crippen molar-refractivity contribution >= 4 is 17.9 Å².